The fourth-order valence-electron chi connectivity index (χ4n) is 2.14. The highest BCUT2D eigenvalue weighted by Crippen LogP contribution is 2.26. The molecule has 0 radical (unpaired) electrons. The highest BCUT2D eigenvalue weighted by Gasteiger charge is 2.16. The molecule has 0 aromatic heterocycles. The molecular formula is C13H19FN2. The van der Waals surface area contributed by atoms with E-state index in [1.807, 2.05) is 26.0 Å². The summed E-state index contributed by atoms with van der Waals surface area (Å²) in [7, 11) is 0. The Morgan fingerprint density at radius 3 is 2.50 bits per heavy atom. The van der Waals surface area contributed by atoms with Gasteiger partial charge in [0, 0.05) is 24.8 Å². The smallest absolute Gasteiger partial charge is 0.148 e. The lowest BCUT2D eigenvalue weighted by Crippen LogP contribution is -2.19. The Labute approximate surface area is 96.5 Å². The first-order valence-electron chi connectivity index (χ1n) is 5.98. The van der Waals surface area contributed by atoms with E-state index >= 15 is 0 Å². The van der Waals surface area contributed by atoms with Crippen LogP contribution in [-0.4, -0.2) is 19.1 Å². The molecule has 1 aliphatic rings. The van der Waals surface area contributed by atoms with Gasteiger partial charge in [0.05, 0.1) is 5.69 Å². The third-order valence-electron chi connectivity index (χ3n) is 2.85. The monoisotopic (exact) mass is 222 g/mol. The predicted octanol–water partition coefficient (Wildman–Crippen LogP) is 3.25. The van der Waals surface area contributed by atoms with Crippen molar-refractivity contribution in [3.05, 3.63) is 24.0 Å². The topological polar surface area (TPSA) is 15.3 Å². The molecular weight excluding hydrogens is 203 g/mol. The van der Waals surface area contributed by atoms with Crippen LogP contribution in [0.1, 0.15) is 26.7 Å². The van der Waals surface area contributed by atoms with Crippen molar-refractivity contribution in [2.24, 2.45) is 0 Å². The van der Waals surface area contributed by atoms with Crippen molar-refractivity contribution >= 4 is 11.4 Å². The molecule has 1 heterocycles. The first kappa shape index (κ1) is 11.2. The van der Waals surface area contributed by atoms with Crippen LogP contribution in [0.2, 0.25) is 0 Å². The lowest BCUT2D eigenvalue weighted by atomic mass is 10.2. The van der Waals surface area contributed by atoms with Gasteiger partial charge in [-0.3, -0.25) is 0 Å². The van der Waals surface area contributed by atoms with E-state index in [4.69, 9.17) is 0 Å². The third-order valence-corrected chi connectivity index (χ3v) is 2.85. The SMILES string of the molecule is CC(C)Nc1ccc(N2CCCC2)c(F)c1. The lowest BCUT2D eigenvalue weighted by molar-refractivity contribution is 0.623. The van der Waals surface area contributed by atoms with E-state index in [-0.39, 0.29) is 5.82 Å². The van der Waals surface area contributed by atoms with E-state index in [9.17, 15) is 4.39 Å². The van der Waals surface area contributed by atoms with Crippen molar-refractivity contribution in [1.82, 2.24) is 0 Å². The zero-order valence-corrected chi connectivity index (χ0v) is 9.96. The van der Waals surface area contributed by atoms with Gasteiger partial charge in [-0.1, -0.05) is 0 Å². The van der Waals surface area contributed by atoms with Crippen LogP contribution in [0.25, 0.3) is 0 Å². The molecule has 0 unspecified atom stereocenters. The average molecular weight is 222 g/mol. The van der Waals surface area contributed by atoms with Crippen molar-refractivity contribution in [2.45, 2.75) is 32.7 Å². The average Bonchev–Trinajstić information content (AvgIpc) is 2.69. The van der Waals surface area contributed by atoms with Crippen LogP contribution in [0.3, 0.4) is 0 Å². The number of hydrogen-bond donors (Lipinski definition) is 1. The Kier molecular flexibility index (Phi) is 3.32. The maximum absolute atomic E-state index is 13.9. The zero-order chi connectivity index (χ0) is 11.5. The molecule has 0 amide bonds. The number of benzene rings is 1. The van der Waals surface area contributed by atoms with Crippen LogP contribution in [0, 0.1) is 5.82 Å². The number of halogens is 1. The summed E-state index contributed by atoms with van der Waals surface area (Å²) < 4.78 is 13.9. The van der Waals surface area contributed by atoms with Gasteiger partial charge in [-0.15, -0.1) is 0 Å². The summed E-state index contributed by atoms with van der Waals surface area (Å²) in [6.45, 7) is 6.06. The zero-order valence-electron chi connectivity index (χ0n) is 9.96. The summed E-state index contributed by atoms with van der Waals surface area (Å²) in [6, 6.07) is 5.76. The fourth-order valence-corrected chi connectivity index (χ4v) is 2.14. The Morgan fingerprint density at radius 2 is 1.94 bits per heavy atom. The van der Waals surface area contributed by atoms with E-state index < -0.39 is 0 Å². The minimum Gasteiger partial charge on any atom is -0.383 e. The van der Waals surface area contributed by atoms with Crippen LogP contribution < -0.4 is 10.2 Å². The molecule has 0 saturated carbocycles. The van der Waals surface area contributed by atoms with Crippen molar-refractivity contribution in [3.8, 4) is 0 Å². The maximum Gasteiger partial charge on any atom is 0.148 e. The van der Waals surface area contributed by atoms with E-state index in [1.165, 1.54) is 12.8 Å². The minimum absolute atomic E-state index is 0.118. The molecule has 0 atom stereocenters. The Balaban J connectivity index is 2.15. The molecule has 1 aromatic rings. The predicted molar refractivity (Wildman–Crippen MR) is 66.6 cm³/mol. The standard InChI is InChI=1S/C13H19FN2/c1-10(2)15-11-5-6-13(12(14)9-11)16-7-3-4-8-16/h5-6,9-10,15H,3-4,7-8H2,1-2H3. The number of rotatable bonds is 3. The molecule has 1 saturated heterocycles. The van der Waals surface area contributed by atoms with Crippen molar-refractivity contribution in [1.29, 1.82) is 0 Å². The Morgan fingerprint density at radius 1 is 1.25 bits per heavy atom. The maximum atomic E-state index is 13.9. The summed E-state index contributed by atoms with van der Waals surface area (Å²) in [4.78, 5) is 2.12. The van der Waals surface area contributed by atoms with Gasteiger partial charge in [0.25, 0.3) is 0 Å². The molecule has 0 aliphatic carbocycles. The second kappa shape index (κ2) is 4.73. The molecule has 88 valence electrons. The molecule has 16 heavy (non-hydrogen) atoms. The van der Waals surface area contributed by atoms with E-state index in [0.29, 0.717) is 6.04 Å². The summed E-state index contributed by atoms with van der Waals surface area (Å²) in [6.07, 6.45) is 2.34. The van der Waals surface area contributed by atoms with Gasteiger partial charge in [-0.25, -0.2) is 4.39 Å². The molecule has 0 spiro atoms. The summed E-state index contributed by atoms with van der Waals surface area (Å²) >= 11 is 0. The molecule has 1 aromatic carbocycles. The molecule has 0 bridgehead atoms. The number of nitrogens with zero attached hydrogens (tertiary/aromatic N) is 1. The lowest BCUT2D eigenvalue weighted by Gasteiger charge is -2.19. The second-order valence-electron chi connectivity index (χ2n) is 4.66. The summed E-state index contributed by atoms with van der Waals surface area (Å²) in [5.41, 5.74) is 1.60. The molecule has 1 N–H and O–H groups in total. The number of anilines is 2. The summed E-state index contributed by atoms with van der Waals surface area (Å²) in [5.74, 6) is -0.118. The number of hydrogen-bond acceptors (Lipinski definition) is 2. The highest BCUT2D eigenvalue weighted by atomic mass is 19.1. The van der Waals surface area contributed by atoms with Crippen LogP contribution >= 0.6 is 0 Å². The normalized spacial score (nSPS) is 15.9. The van der Waals surface area contributed by atoms with Gasteiger partial charge < -0.3 is 10.2 Å². The molecule has 1 fully saturated rings. The van der Waals surface area contributed by atoms with Gasteiger partial charge in [0.1, 0.15) is 5.82 Å². The van der Waals surface area contributed by atoms with Gasteiger partial charge in [0.15, 0.2) is 0 Å². The van der Waals surface area contributed by atoms with Crippen molar-refractivity contribution in [2.75, 3.05) is 23.3 Å². The Hall–Kier alpha value is -1.25. The molecule has 2 rings (SSSR count). The van der Waals surface area contributed by atoms with Crippen molar-refractivity contribution < 1.29 is 4.39 Å². The third kappa shape index (κ3) is 2.46. The van der Waals surface area contributed by atoms with Crippen LogP contribution in [-0.2, 0) is 0 Å². The highest BCUT2D eigenvalue weighted by molar-refractivity contribution is 5.56. The van der Waals surface area contributed by atoms with E-state index in [0.717, 1.165) is 24.5 Å². The van der Waals surface area contributed by atoms with E-state index in [1.54, 1.807) is 6.07 Å². The Bertz CT molecular complexity index is 357. The fraction of sp³-hybridized carbons (Fsp3) is 0.538. The van der Waals surface area contributed by atoms with Crippen LogP contribution in [0.15, 0.2) is 18.2 Å². The second-order valence-corrected chi connectivity index (χ2v) is 4.66. The first-order valence-corrected chi connectivity index (χ1v) is 5.98. The van der Waals surface area contributed by atoms with Crippen LogP contribution in [0.4, 0.5) is 15.8 Å². The largest absolute Gasteiger partial charge is 0.383 e. The summed E-state index contributed by atoms with van der Waals surface area (Å²) in [5, 5.41) is 3.20. The quantitative estimate of drug-likeness (QED) is 0.844. The van der Waals surface area contributed by atoms with Crippen LogP contribution in [0.5, 0.6) is 0 Å². The first-order chi connectivity index (χ1) is 7.66. The van der Waals surface area contributed by atoms with Gasteiger partial charge in [-0.05, 0) is 44.9 Å². The van der Waals surface area contributed by atoms with Crippen molar-refractivity contribution in [3.63, 3.8) is 0 Å². The van der Waals surface area contributed by atoms with Gasteiger partial charge in [-0.2, -0.15) is 0 Å². The van der Waals surface area contributed by atoms with Gasteiger partial charge in [0.2, 0.25) is 0 Å². The number of nitrogens with one attached hydrogen (secondary N) is 1. The van der Waals surface area contributed by atoms with Gasteiger partial charge >= 0.3 is 0 Å². The minimum atomic E-state index is -0.118. The molecule has 3 heteroatoms. The van der Waals surface area contributed by atoms with E-state index in [2.05, 4.69) is 10.2 Å². The molecule has 2 nitrogen and oxygen atoms in total. The molecule has 1 aliphatic heterocycles.